The van der Waals surface area contributed by atoms with Gasteiger partial charge in [-0.1, -0.05) is 66.7 Å². The molecule has 1 atom stereocenters. The SMILES string of the molecule is COc1cc(/C=C/C(=O)NC(C)C(c2ccccc2)c2ccccc2)ccc1OCC#N. The van der Waals surface area contributed by atoms with Gasteiger partial charge in [0.05, 0.1) is 7.11 Å². The Bertz CT molecular complexity index is 1050. The smallest absolute Gasteiger partial charge is 0.244 e. The fourth-order valence-electron chi connectivity index (χ4n) is 3.64. The highest BCUT2D eigenvalue weighted by atomic mass is 16.5. The molecule has 3 aromatic rings. The van der Waals surface area contributed by atoms with E-state index in [9.17, 15) is 4.79 Å². The maximum Gasteiger partial charge on any atom is 0.244 e. The van der Waals surface area contributed by atoms with E-state index in [1.165, 1.54) is 13.2 Å². The molecule has 0 aliphatic rings. The van der Waals surface area contributed by atoms with Crippen LogP contribution >= 0.6 is 0 Å². The van der Waals surface area contributed by atoms with E-state index < -0.39 is 0 Å². The molecule has 1 amide bonds. The zero-order valence-electron chi connectivity index (χ0n) is 18.2. The summed E-state index contributed by atoms with van der Waals surface area (Å²) >= 11 is 0. The van der Waals surface area contributed by atoms with E-state index >= 15 is 0 Å². The zero-order chi connectivity index (χ0) is 22.8. The predicted molar refractivity (Wildman–Crippen MR) is 125 cm³/mol. The number of nitrogens with one attached hydrogen (secondary N) is 1. The second kappa shape index (κ2) is 11.4. The Morgan fingerprint density at radius 1 is 1.00 bits per heavy atom. The Kier molecular flexibility index (Phi) is 8.05. The molecule has 0 saturated heterocycles. The van der Waals surface area contributed by atoms with Crippen LogP contribution in [0.1, 0.15) is 29.5 Å². The summed E-state index contributed by atoms with van der Waals surface area (Å²) in [6, 6.07) is 27.4. The van der Waals surface area contributed by atoms with E-state index in [-0.39, 0.29) is 24.5 Å². The molecule has 1 unspecified atom stereocenters. The Balaban J connectivity index is 1.73. The molecule has 0 saturated carbocycles. The number of amides is 1. The Hall–Kier alpha value is -4.04. The lowest BCUT2D eigenvalue weighted by atomic mass is 9.86. The summed E-state index contributed by atoms with van der Waals surface area (Å²) in [6.45, 7) is 1.95. The molecule has 162 valence electrons. The molecule has 3 rings (SSSR count). The van der Waals surface area contributed by atoms with Crippen molar-refractivity contribution in [3.05, 3.63) is 102 Å². The molecular weight excluding hydrogens is 400 g/mol. The minimum Gasteiger partial charge on any atom is -0.493 e. The van der Waals surface area contributed by atoms with E-state index in [2.05, 4.69) is 29.6 Å². The molecule has 1 N–H and O–H groups in total. The number of benzene rings is 3. The largest absolute Gasteiger partial charge is 0.493 e. The first-order chi connectivity index (χ1) is 15.6. The van der Waals surface area contributed by atoms with Crippen molar-refractivity contribution in [1.29, 1.82) is 5.26 Å². The lowest BCUT2D eigenvalue weighted by Gasteiger charge is -2.25. The van der Waals surface area contributed by atoms with E-state index in [1.54, 1.807) is 24.3 Å². The molecule has 0 aliphatic heterocycles. The van der Waals surface area contributed by atoms with Crippen LogP contribution in [0.4, 0.5) is 0 Å². The number of hydrogen-bond acceptors (Lipinski definition) is 4. The van der Waals surface area contributed by atoms with Crippen molar-refractivity contribution < 1.29 is 14.3 Å². The van der Waals surface area contributed by atoms with Crippen molar-refractivity contribution in [3.8, 4) is 17.6 Å². The van der Waals surface area contributed by atoms with Crippen molar-refractivity contribution in [2.45, 2.75) is 18.9 Å². The van der Waals surface area contributed by atoms with Crippen molar-refractivity contribution in [2.75, 3.05) is 13.7 Å². The fourth-order valence-corrected chi connectivity index (χ4v) is 3.64. The van der Waals surface area contributed by atoms with E-state index in [1.807, 2.05) is 49.4 Å². The molecule has 0 radical (unpaired) electrons. The van der Waals surface area contributed by atoms with Crippen LogP contribution in [-0.2, 0) is 4.79 Å². The number of methoxy groups -OCH3 is 1. The number of carbonyl (C=O) groups excluding carboxylic acids is 1. The number of hydrogen-bond donors (Lipinski definition) is 1. The van der Waals surface area contributed by atoms with Crippen LogP contribution in [0.25, 0.3) is 6.08 Å². The zero-order valence-corrected chi connectivity index (χ0v) is 18.2. The van der Waals surface area contributed by atoms with Gasteiger partial charge in [-0.2, -0.15) is 5.26 Å². The molecule has 0 aromatic heterocycles. The molecular formula is C27H26N2O3. The lowest BCUT2D eigenvalue weighted by molar-refractivity contribution is -0.117. The van der Waals surface area contributed by atoms with Crippen LogP contribution < -0.4 is 14.8 Å². The third-order valence-electron chi connectivity index (χ3n) is 5.09. The third kappa shape index (κ3) is 5.99. The van der Waals surface area contributed by atoms with Gasteiger partial charge in [0.2, 0.25) is 5.91 Å². The predicted octanol–water partition coefficient (Wildman–Crippen LogP) is 4.95. The van der Waals surface area contributed by atoms with Gasteiger partial charge in [0.15, 0.2) is 18.1 Å². The van der Waals surface area contributed by atoms with Gasteiger partial charge in [-0.15, -0.1) is 0 Å². The summed E-state index contributed by atoms with van der Waals surface area (Å²) in [6.07, 6.45) is 3.23. The average molecular weight is 427 g/mol. The first-order valence-electron chi connectivity index (χ1n) is 10.4. The lowest BCUT2D eigenvalue weighted by Crippen LogP contribution is -2.36. The Morgan fingerprint density at radius 3 is 2.19 bits per heavy atom. The topological polar surface area (TPSA) is 71.3 Å². The quantitative estimate of drug-likeness (QED) is 0.492. The van der Waals surface area contributed by atoms with Crippen LogP contribution in [-0.4, -0.2) is 25.7 Å². The van der Waals surface area contributed by atoms with E-state index in [0.717, 1.165) is 16.7 Å². The molecule has 0 bridgehead atoms. The maximum absolute atomic E-state index is 12.7. The van der Waals surface area contributed by atoms with Gasteiger partial charge in [0.1, 0.15) is 6.07 Å². The van der Waals surface area contributed by atoms with Crippen LogP contribution in [0, 0.1) is 11.3 Å². The van der Waals surface area contributed by atoms with Crippen LogP contribution in [0.5, 0.6) is 11.5 Å². The maximum atomic E-state index is 12.7. The number of nitriles is 1. The second-order valence-corrected chi connectivity index (χ2v) is 7.29. The highest BCUT2D eigenvalue weighted by Gasteiger charge is 2.22. The fraction of sp³-hybridized carbons (Fsp3) is 0.185. The highest BCUT2D eigenvalue weighted by Crippen LogP contribution is 2.29. The molecule has 5 nitrogen and oxygen atoms in total. The first-order valence-corrected chi connectivity index (χ1v) is 10.4. The van der Waals surface area contributed by atoms with Gasteiger partial charge in [-0.3, -0.25) is 4.79 Å². The summed E-state index contributed by atoms with van der Waals surface area (Å²) in [7, 11) is 1.53. The van der Waals surface area contributed by atoms with E-state index in [4.69, 9.17) is 14.7 Å². The van der Waals surface area contributed by atoms with Gasteiger partial charge < -0.3 is 14.8 Å². The number of ether oxygens (including phenoxy) is 2. The van der Waals surface area contributed by atoms with Crippen molar-refractivity contribution >= 4 is 12.0 Å². The van der Waals surface area contributed by atoms with Crippen molar-refractivity contribution in [2.24, 2.45) is 0 Å². The Morgan fingerprint density at radius 2 is 1.62 bits per heavy atom. The molecule has 3 aromatic carbocycles. The molecule has 0 fully saturated rings. The van der Waals surface area contributed by atoms with Crippen molar-refractivity contribution in [1.82, 2.24) is 5.32 Å². The third-order valence-corrected chi connectivity index (χ3v) is 5.09. The molecule has 32 heavy (non-hydrogen) atoms. The number of nitrogens with zero attached hydrogens (tertiary/aromatic N) is 1. The molecule has 0 heterocycles. The minimum atomic E-state index is -0.182. The number of rotatable bonds is 9. The van der Waals surface area contributed by atoms with Gasteiger partial charge in [0, 0.05) is 18.0 Å². The van der Waals surface area contributed by atoms with E-state index in [0.29, 0.717) is 11.5 Å². The summed E-state index contributed by atoms with van der Waals surface area (Å²) < 4.78 is 10.6. The van der Waals surface area contributed by atoms with Gasteiger partial charge >= 0.3 is 0 Å². The Labute approximate surface area is 188 Å². The monoisotopic (exact) mass is 426 g/mol. The summed E-state index contributed by atoms with van der Waals surface area (Å²) in [5.74, 6) is 0.840. The normalized spacial score (nSPS) is 11.7. The van der Waals surface area contributed by atoms with Crippen LogP contribution in [0.15, 0.2) is 84.9 Å². The first kappa shape index (κ1) is 22.6. The van der Waals surface area contributed by atoms with Gasteiger partial charge in [0.25, 0.3) is 0 Å². The standard InChI is InChI=1S/C27H26N2O3/c1-20(27(22-9-5-3-6-10-22)23-11-7-4-8-12-23)29-26(30)16-14-21-13-15-24(32-18-17-28)25(19-21)31-2/h3-16,19-20,27H,18H2,1-2H3,(H,29,30)/b16-14+. The molecule has 0 aliphatic carbocycles. The highest BCUT2D eigenvalue weighted by molar-refractivity contribution is 5.92. The second-order valence-electron chi connectivity index (χ2n) is 7.29. The van der Waals surface area contributed by atoms with Gasteiger partial charge in [-0.05, 0) is 41.8 Å². The van der Waals surface area contributed by atoms with Gasteiger partial charge in [-0.25, -0.2) is 0 Å². The minimum absolute atomic E-state index is 0.0337. The average Bonchev–Trinajstić information content (AvgIpc) is 2.83. The summed E-state index contributed by atoms with van der Waals surface area (Å²) in [5, 5.41) is 11.8. The van der Waals surface area contributed by atoms with Crippen LogP contribution in [0.3, 0.4) is 0 Å². The summed E-state index contributed by atoms with van der Waals surface area (Å²) in [5.41, 5.74) is 3.08. The summed E-state index contributed by atoms with van der Waals surface area (Å²) in [4.78, 5) is 12.7. The van der Waals surface area contributed by atoms with Crippen LogP contribution in [0.2, 0.25) is 0 Å². The number of carbonyl (C=O) groups is 1. The molecule has 5 heteroatoms. The molecule has 0 spiro atoms. The van der Waals surface area contributed by atoms with Crippen molar-refractivity contribution in [3.63, 3.8) is 0 Å².